The number of hydrogen-bond acceptors (Lipinski definition) is 4. The summed E-state index contributed by atoms with van der Waals surface area (Å²) in [5.41, 5.74) is 1.23. The minimum Gasteiger partial charge on any atom is -0.304 e. The van der Waals surface area contributed by atoms with Gasteiger partial charge in [-0.05, 0) is 20.3 Å². The first-order valence-corrected chi connectivity index (χ1v) is 7.17. The second-order valence-electron chi connectivity index (χ2n) is 4.52. The Kier molecular flexibility index (Phi) is 4.49. The lowest BCUT2D eigenvalue weighted by molar-refractivity contribution is 0.569. The Morgan fingerprint density at radius 1 is 1.44 bits per heavy atom. The fraction of sp³-hybridized carbons (Fsp3) is 0.538. The van der Waals surface area contributed by atoms with Gasteiger partial charge in [-0.1, -0.05) is 6.92 Å². The molecule has 2 aromatic heterocycles. The number of nitrogens with one attached hydrogen (secondary N) is 1. The van der Waals surface area contributed by atoms with Gasteiger partial charge in [0.15, 0.2) is 0 Å². The molecule has 2 rings (SSSR count). The van der Waals surface area contributed by atoms with Crippen LogP contribution in [0.4, 0.5) is 0 Å². The van der Waals surface area contributed by atoms with E-state index in [1.54, 1.807) is 11.3 Å². The van der Waals surface area contributed by atoms with Crippen molar-refractivity contribution in [2.24, 2.45) is 0 Å². The number of hydrogen-bond donors (Lipinski definition) is 1. The van der Waals surface area contributed by atoms with Gasteiger partial charge in [-0.25, -0.2) is 4.98 Å². The van der Waals surface area contributed by atoms with Gasteiger partial charge in [-0.15, -0.1) is 11.3 Å². The van der Waals surface area contributed by atoms with Crippen LogP contribution in [-0.4, -0.2) is 14.8 Å². The molecule has 0 amide bonds. The topological polar surface area (TPSA) is 42.7 Å². The van der Waals surface area contributed by atoms with Crippen LogP contribution in [0.1, 0.15) is 41.8 Å². The average molecular weight is 264 g/mol. The van der Waals surface area contributed by atoms with E-state index in [1.807, 2.05) is 17.1 Å². The molecule has 1 unspecified atom stereocenters. The zero-order valence-corrected chi connectivity index (χ0v) is 12.0. The maximum atomic E-state index is 4.40. The van der Waals surface area contributed by atoms with Crippen molar-refractivity contribution in [2.75, 3.05) is 0 Å². The Morgan fingerprint density at radius 2 is 2.28 bits per heavy atom. The van der Waals surface area contributed by atoms with Crippen molar-refractivity contribution in [3.63, 3.8) is 0 Å². The van der Waals surface area contributed by atoms with Crippen LogP contribution in [0.15, 0.2) is 18.6 Å². The summed E-state index contributed by atoms with van der Waals surface area (Å²) in [6.45, 7) is 8.22. The molecule has 0 saturated carbocycles. The summed E-state index contributed by atoms with van der Waals surface area (Å²) in [6.07, 6.45) is 7.08. The van der Waals surface area contributed by atoms with Gasteiger partial charge >= 0.3 is 0 Å². The van der Waals surface area contributed by atoms with Crippen LogP contribution in [0.25, 0.3) is 0 Å². The summed E-state index contributed by atoms with van der Waals surface area (Å²) in [5.74, 6) is 0. The zero-order chi connectivity index (χ0) is 13.0. The third kappa shape index (κ3) is 3.40. The van der Waals surface area contributed by atoms with Gasteiger partial charge in [0.05, 0.1) is 12.2 Å². The van der Waals surface area contributed by atoms with Crippen molar-refractivity contribution in [3.8, 4) is 0 Å². The molecule has 5 heteroatoms. The van der Waals surface area contributed by atoms with E-state index in [4.69, 9.17) is 0 Å². The van der Waals surface area contributed by atoms with Gasteiger partial charge < -0.3 is 5.32 Å². The molecule has 0 aliphatic rings. The molecule has 0 aromatic carbocycles. The van der Waals surface area contributed by atoms with Gasteiger partial charge in [0.25, 0.3) is 0 Å². The Bertz CT molecular complexity index is 489. The number of aromatic nitrogens is 3. The third-order valence-corrected chi connectivity index (χ3v) is 3.86. The van der Waals surface area contributed by atoms with E-state index in [-0.39, 0.29) is 0 Å². The normalized spacial score (nSPS) is 12.8. The van der Waals surface area contributed by atoms with Crippen LogP contribution in [0.5, 0.6) is 0 Å². The zero-order valence-electron chi connectivity index (χ0n) is 11.2. The van der Waals surface area contributed by atoms with E-state index in [2.05, 4.69) is 42.4 Å². The monoisotopic (exact) mass is 264 g/mol. The largest absolute Gasteiger partial charge is 0.304 e. The molecule has 0 bridgehead atoms. The first-order chi connectivity index (χ1) is 8.69. The van der Waals surface area contributed by atoms with E-state index in [0.29, 0.717) is 6.04 Å². The summed E-state index contributed by atoms with van der Waals surface area (Å²) >= 11 is 1.75. The van der Waals surface area contributed by atoms with E-state index < -0.39 is 0 Å². The molecule has 0 aliphatic carbocycles. The molecular weight excluding hydrogens is 244 g/mol. The molecule has 4 nitrogen and oxygen atoms in total. The lowest BCUT2D eigenvalue weighted by Crippen LogP contribution is -2.17. The molecule has 18 heavy (non-hydrogen) atoms. The highest BCUT2D eigenvalue weighted by atomic mass is 32.1. The number of rotatable bonds is 6. The van der Waals surface area contributed by atoms with Gasteiger partial charge in [-0.3, -0.25) is 4.68 Å². The third-order valence-electron chi connectivity index (χ3n) is 2.76. The van der Waals surface area contributed by atoms with E-state index >= 15 is 0 Å². The fourth-order valence-corrected chi connectivity index (χ4v) is 2.58. The van der Waals surface area contributed by atoms with Crippen molar-refractivity contribution in [2.45, 2.75) is 46.3 Å². The lowest BCUT2D eigenvalue weighted by Gasteiger charge is -2.09. The molecule has 1 N–H and O–H groups in total. The van der Waals surface area contributed by atoms with Crippen molar-refractivity contribution < 1.29 is 0 Å². The fourth-order valence-electron chi connectivity index (χ4n) is 1.78. The van der Waals surface area contributed by atoms with Crippen LogP contribution in [0, 0.1) is 6.92 Å². The highest BCUT2D eigenvalue weighted by Crippen LogP contribution is 2.19. The van der Waals surface area contributed by atoms with Crippen LogP contribution in [-0.2, 0) is 13.1 Å². The first kappa shape index (κ1) is 13.2. The maximum absolute atomic E-state index is 4.40. The molecule has 0 fully saturated rings. The van der Waals surface area contributed by atoms with Gasteiger partial charge in [0.1, 0.15) is 5.01 Å². The molecule has 0 saturated heterocycles. The predicted octanol–water partition coefficient (Wildman–Crippen LogP) is 2.91. The Hall–Kier alpha value is -1.20. The van der Waals surface area contributed by atoms with Crippen LogP contribution in [0.3, 0.4) is 0 Å². The van der Waals surface area contributed by atoms with Crippen molar-refractivity contribution in [3.05, 3.63) is 34.0 Å². The molecule has 2 heterocycles. The highest BCUT2D eigenvalue weighted by molar-refractivity contribution is 7.11. The Balaban J connectivity index is 1.86. The minimum absolute atomic E-state index is 0.290. The predicted molar refractivity (Wildman–Crippen MR) is 74.6 cm³/mol. The summed E-state index contributed by atoms with van der Waals surface area (Å²) in [7, 11) is 0. The summed E-state index contributed by atoms with van der Waals surface area (Å²) < 4.78 is 2.00. The van der Waals surface area contributed by atoms with Crippen molar-refractivity contribution in [1.29, 1.82) is 0 Å². The van der Waals surface area contributed by atoms with E-state index in [1.165, 1.54) is 10.4 Å². The quantitative estimate of drug-likeness (QED) is 0.872. The van der Waals surface area contributed by atoms with Gasteiger partial charge in [0.2, 0.25) is 0 Å². The van der Waals surface area contributed by atoms with Crippen molar-refractivity contribution in [1.82, 2.24) is 20.1 Å². The Morgan fingerprint density at radius 3 is 2.94 bits per heavy atom. The van der Waals surface area contributed by atoms with Crippen molar-refractivity contribution >= 4 is 11.3 Å². The number of nitrogens with zero attached hydrogens (tertiary/aromatic N) is 3. The van der Waals surface area contributed by atoms with Gasteiger partial charge in [0, 0.05) is 35.9 Å². The molecule has 2 aromatic rings. The smallest absolute Gasteiger partial charge is 0.109 e. The molecule has 0 aliphatic heterocycles. The minimum atomic E-state index is 0.290. The van der Waals surface area contributed by atoms with Crippen LogP contribution < -0.4 is 5.32 Å². The average Bonchev–Trinajstić information content (AvgIpc) is 2.96. The van der Waals surface area contributed by atoms with Crippen LogP contribution in [0.2, 0.25) is 0 Å². The highest BCUT2D eigenvalue weighted by Gasteiger charge is 2.09. The Labute approximate surface area is 112 Å². The van der Waals surface area contributed by atoms with Crippen LogP contribution >= 0.6 is 11.3 Å². The first-order valence-electron chi connectivity index (χ1n) is 6.36. The van der Waals surface area contributed by atoms with E-state index in [0.717, 1.165) is 24.5 Å². The maximum Gasteiger partial charge on any atom is 0.109 e. The second kappa shape index (κ2) is 6.11. The second-order valence-corrected chi connectivity index (χ2v) is 5.79. The molecular formula is C13H20N4S. The standard InChI is InChI=1S/C13H20N4S/c1-4-5-17-9-12(8-16-17)7-14-11(3)13-15-6-10(2)18-13/h6,8-9,11,14H,4-5,7H2,1-3H3. The summed E-state index contributed by atoms with van der Waals surface area (Å²) in [5, 5.41) is 8.95. The molecule has 98 valence electrons. The summed E-state index contributed by atoms with van der Waals surface area (Å²) in [4.78, 5) is 5.66. The SMILES string of the molecule is CCCn1cc(CNC(C)c2ncc(C)s2)cn1. The van der Waals surface area contributed by atoms with E-state index in [9.17, 15) is 0 Å². The summed E-state index contributed by atoms with van der Waals surface area (Å²) in [6, 6.07) is 0.290. The number of aryl methyl sites for hydroxylation is 2. The number of thiazole rings is 1. The van der Waals surface area contributed by atoms with Gasteiger partial charge in [-0.2, -0.15) is 5.10 Å². The molecule has 0 radical (unpaired) electrons. The molecule has 0 spiro atoms. The lowest BCUT2D eigenvalue weighted by atomic mass is 10.3. The molecule has 1 atom stereocenters.